The number of thiazole rings is 1. The molecule has 1 aliphatic rings. The van der Waals surface area contributed by atoms with Crippen LogP contribution < -0.4 is 10.9 Å². The molecule has 0 unspecified atom stereocenters. The van der Waals surface area contributed by atoms with Gasteiger partial charge in [-0.1, -0.05) is 15.9 Å². The number of benzene rings is 1. The van der Waals surface area contributed by atoms with Crippen LogP contribution in [0.15, 0.2) is 43.5 Å². The number of nitrogens with zero attached hydrogens (tertiary/aromatic N) is 2. The second-order valence-corrected chi connectivity index (χ2v) is 8.79. The van der Waals surface area contributed by atoms with Crippen LogP contribution in [0.25, 0.3) is 11.0 Å². The predicted octanol–water partition coefficient (Wildman–Crippen LogP) is 3.71. The lowest BCUT2D eigenvalue weighted by molar-refractivity contribution is 0.0912. The first-order chi connectivity index (χ1) is 13.5. The number of aryl methyl sites for hydroxylation is 1. The molecular formula is C20H20BrN3O3S. The van der Waals surface area contributed by atoms with E-state index in [9.17, 15) is 9.59 Å². The molecule has 0 saturated carbocycles. The molecule has 0 spiro atoms. The summed E-state index contributed by atoms with van der Waals surface area (Å²) in [6.45, 7) is 4.28. The number of carbonyl (C=O) groups is 1. The van der Waals surface area contributed by atoms with E-state index in [1.165, 1.54) is 11.3 Å². The highest BCUT2D eigenvalue weighted by molar-refractivity contribution is 9.10. The van der Waals surface area contributed by atoms with Crippen LogP contribution in [0.3, 0.4) is 0 Å². The zero-order valence-corrected chi connectivity index (χ0v) is 17.8. The molecule has 1 aliphatic heterocycles. The number of nitrogens with one attached hydrogen (secondary N) is 1. The first-order valence-electron chi connectivity index (χ1n) is 9.15. The fourth-order valence-electron chi connectivity index (χ4n) is 3.58. The van der Waals surface area contributed by atoms with E-state index in [4.69, 9.17) is 4.42 Å². The zero-order chi connectivity index (χ0) is 19.7. The van der Waals surface area contributed by atoms with Crippen LogP contribution in [-0.4, -0.2) is 34.9 Å². The van der Waals surface area contributed by atoms with E-state index < -0.39 is 0 Å². The fourth-order valence-corrected chi connectivity index (χ4v) is 4.63. The van der Waals surface area contributed by atoms with Crippen molar-refractivity contribution in [3.63, 3.8) is 0 Å². The molecule has 6 nitrogen and oxygen atoms in total. The molecule has 4 rings (SSSR count). The van der Waals surface area contributed by atoms with Gasteiger partial charge in [-0.25, -0.2) is 9.78 Å². The molecule has 0 radical (unpaired) electrons. The average Bonchev–Trinajstić information content (AvgIpc) is 3.09. The molecule has 3 heterocycles. The highest BCUT2D eigenvalue weighted by Gasteiger charge is 2.23. The monoisotopic (exact) mass is 461 g/mol. The summed E-state index contributed by atoms with van der Waals surface area (Å²) in [7, 11) is 0. The van der Waals surface area contributed by atoms with E-state index in [2.05, 4.69) is 31.1 Å². The second kappa shape index (κ2) is 8.14. The van der Waals surface area contributed by atoms with Crippen molar-refractivity contribution in [2.75, 3.05) is 13.1 Å². The lowest BCUT2D eigenvalue weighted by Crippen LogP contribution is -2.44. The second-order valence-electron chi connectivity index (χ2n) is 7.02. The van der Waals surface area contributed by atoms with Crippen molar-refractivity contribution in [2.24, 2.45) is 0 Å². The maximum absolute atomic E-state index is 12.4. The van der Waals surface area contributed by atoms with Gasteiger partial charge in [0.15, 0.2) is 0 Å². The van der Waals surface area contributed by atoms with Gasteiger partial charge in [0.2, 0.25) is 0 Å². The molecule has 28 heavy (non-hydrogen) atoms. The normalized spacial score (nSPS) is 15.8. The summed E-state index contributed by atoms with van der Waals surface area (Å²) in [4.78, 5) is 31.4. The van der Waals surface area contributed by atoms with Crippen molar-refractivity contribution < 1.29 is 9.21 Å². The first-order valence-corrected chi connectivity index (χ1v) is 10.8. The molecular weight excluding hydrogens is 442 g/mol. The number of fused-ring (bicyclic) bond motifs is 1. The van der Waals surface area contributed by atoms with E-state index >= 15 is 0 Å². The Morgan fingerprint density at radius 3 is 2.86 bits per heavy atom. The van der Waals surface area contributed by atoms with Gasteiger partial charge in [0.05, 0.1) is 11.2 Å². The maximum atomic E-state index is 12.4. The molecule has 1 fully saturated rings. The summed E-state index contributed by atoms with van der Waals surface area (Å²) < 4.78 is 6.20. The van der Waals surface area contributed by atoms with Crippen molar-refractivity contribution in [3.8, 4) is 0 Å². The largest absolute Gasteiger partial charge is 0.423 e. The SMILES string of the molecule is Cc1ncsc1C(=O)NC1CCN(Cc2cc(=O)oc3cc(Br)ccc23)CC1. The van der Waals surface area contributed by atoms with Gasteiger partial charge >= 0.3 is 5.63 Å². The summed E-state index contributed by atoms with van der Waals surface area (Å²) >= 11 is 4.79. The van der Waals surface area contributed by atoms with Gasteiger partial charge < -0.3 is 9.73 Å². The van der Waals surface area contributed by atoms with E-state index in [0.717, 1.165) is 47.0 Å². The minimum Gasteiger partial charge on any atom is -0.423 e. The van der Waals surface area contributed by atoms with Crippen molar-refractivity contribution in [1.82, 2.24) is 15.2 Å². The van der Waals surface area contributed by atoms with Gasteiger partial charge in [0.1, 0.15) is 10.5 Å². The molecule has 146 valence electrons. The van der Waals surface area contributed by atoms with Gasteiger partial charge in [0, 0.05) is 41.6 Å². The molecule has 1 saturated heterocycles. The molecule has 2 aromatic heterocycles. The van der Waals surface area contributed by atoms with Crippen molar-refractivity contribution in [2.45, 2.75) is 32.4 Å². The maximum Gasteiger partial charge on any atom is 0.336 e. The molecule has 0 bridgehead atoms. The Morgan fingerprint density at radius 2 is 2.14 bits per heavy atom. The Labute approximate surface area is 174 Å². The van der Waals surface area contributed by atoms with E-state index in [-0.39, 0.29) is 17.6 Å². The van der Waals surface area contributed by atoms with Crippen LogP contribution in [0, 0.1) is 6.92 Å². The van der Waals surface area contributed by atoms with Crippen LogP contribution in [0.1, 0.15) is 33.8 Å². The van der Waals surface area contributed by atoms with Crippen molar-refractivity contribution >= 4 is 44.1 Å². The minimum atomic E-state index is -0.331. The number of hydrogen-bond donors (Lipinski definition) is 1. The third kappa shape index (κ3) is 4.19. The van der Waals surface area contributed by atoms with Crippen LogP contribution in [0.4, 0.5) is 0 Å². The molecule has 1 amide bonds. The number of hydrogen-bond acceptors (Lipinski definition) is 6. The number of likely N-dealkylation sites (tertiary alicyclic amines) is 1. The Balaban J connectivity index is 1.40. The number of halogens is 1. The van der Waals surface area contributed by atoms with Crippen LogP contribution in [0.2, 0.25) is 0 Å². The summed E-state index contributed by atoms with van der Waals surface area (Å²) in [5, 5.41) is 4.08. The van der Waals surface area contributed by atoms with Gasteiger partial charge in [0.25, 0.3) is 5.91 Å². The molecule has 3 aromatic rings. The molecule has 8 heteroatoms. The van der Waals surface area contributed by atoms with E-state index in [0.29, 0.717) is 17.0 Å². The summed E-state index contributed by atoms with van der Waals surface area (Å²) in [6.07, 6.45) is 1.77. The summed E-state index contributed by atoms with van der Waals surface area (Å²) in [5.74, 6) is -0.0318. The lowest BCUT2D eigenvalue weighted by atomic mass is 10.0. The van der Waals surface area contributed by atoms with Gasteiger partial charge in [-0.15, -0.1) is 11.3 Å². The van der Waals surface area contributed by atoms with Crippen molar-refractivity contribution in [1.29, 1.82) is 0 Å². The minimum absolute atomic E-state index is 0.0318. The Morgan fingerprint density at radius 1 is 1.36 bits per heavy atom. The fraction of sp³-hybridized carbons (Fsp3) is 0.350. The van der Waals surface area contributed by atoms with Crippen molar-refractivity contribution in [3.05, 3.63) is 60.8 Å². The molecule has 1 aromatic carbocycles. The third-order valence-corrected chi connectivity index (χ3v) is 6.48. The van der Waals surface area contributed by atoms with Crippen LogP contribution >= 0.6 is 27.3 Å². The smallest absolute Gasteiger partial charge is 0.336 e. The number of amides is 1. The number of piperidine rings is 1. The van der Waals surface area contributed by atoms with E-state index in [1.54, 1.807) is 11.6 Å². The van der Waals surface area contributed by atoms with Gasteiger partial charge in [-0.05, 0) is 43.5 Å². The summed E-state index contributed by atoms with van der Waals surface area (Å²) in [6, 6.07) is 7.50. The molecule has 0 atom stereocenters. The highest BCUT2D eigenvalue weighted by atomic mass is 79.9. The topological polar surface area (TPSA) is 75.4 Å². The van der Waals surface area contributed by atoms with Crippen LogP contribution in [0.5, 0.6) is 0 Å². The van der Waals surface area contributed by atoms with E-state index in [1.807, 2.05) is 25.1 Å². The summed E-state index contributed by atoms with van der Waals surface area (Å²) in [5.41, 5.74) is 3.72. The number of rotatable bonds is 4. The zero-order valence-electron chi connectivity index (χ0n) is 15.4. The molecule has 1 N–H and O–H groups in total. The Bertz CT molecular complexity index is 1070. The first kappa shape index (κ1) is 19.3. The predicted molar refractivity (Wildman–Crippen MR) is 113 cm³/mol. The van der Waals surface area contributed by atoms with Gasteiger partial charge in [-0.2, -0.15) is 0 Å². The average molecular weight is 462 g/mol. The standard InChI is InChI=1S/C20H20BrN3O3S/c1-12-19(28-11-22-12)20(26)23-15-4-6-24(7-5-15)10-13-8-18(25)27-17-9-14(21)2-3-16(13)17/h2-3,8-9,11,15H,4-7,10H2,1H3,(H,23,26). The Hall–Kier alpha value is -2.03. The van der Waals surface area contributed by atoms with Crippen LogP contribution in [-0.2, 0) is 6.54 Å². The highest BCUT2D eigenvalue weighted by Crippen LogP contribution is 2.24. The third-order valence-electron chi connectivity index (χ3n) is 5.06. The number of carbonyl (C=O) groups excluding carboxylic acids is 1. The number of aromatic nitrogens is 1. The molecule has 0 aliphatic carbocycles. The quantitative estimate of drug-likeness (QED) is 0.599. The van der Waals surface area contributed by atoms with Gasteiger partial charge in [-0.3, -0.25) is 9.69 Å². The Kier molecular flexibility index (Phi) is 5.61. The lowest BCUT2D eigenvalue weighted by Gasteiger charge is -2.32.